The number of anilines is 1. The standard InChI is InChI=1S/C26H31N5O2/c1-6-33-20-12-10-19(11-13-20)30(15-7-14-27)25(32)21-16-22(18-8-9-18)28-24-23(21)17(2)29-31(24)26(3,4)5/h10-13,16,18H,6-9,15H2,1-5H3. The number of aromatic nitrogens is 3. The average molecular weight is 446 g/mol. The highest BCUT2D eigenvalue weighted by Crippen LogP contribution is 2.41. The van der Waals surface area contributed by atoms with Gasteiger partial charge in [0.05, 0.1) is 41.3 Å². The molecule has 0 radical (unpaired) electrons. The van der Waals surface area contributed by atoms with E-state index < -0.39 is 0 Å². The minimum absolute atomic E-state index is 0.139. The Morgan fingerprint density at radius 3 is 2.55 bits per heavy atom. The van der Waals surface area contributed by atoms with Crippen LogP contribution in [0.15, 0.2) is 30.3 Å². The Kier molecular flexibility index (Phi) is 6.11. The number of amides is 1. The molecule has 2 aromatic heterocycles. The highest BCUT2D eigenvalue weighted by molar-refractivity contribution is 6.14. The molecule has 4 rings (SSSR count). The van der Waals surface area contributed by atoms with Crippen molar-refractivity contribution in [1.29, 1.82) is 5.26 Å². The van der Waals surface area contributed by atoms with E-state index in [0.29, 0.717) is 24.6 Å². The van der Waals surface area contributed by atoms with Gasteiger partial charge >= 0.3 is 0 Å². The quantitative estimate of drug-likeness (QED) is 0.491. The third kappa shape index (κ3) is 4.56. The van der Waals surface area contributed by atoms with E-state index in [0.717, 1.165) is 46.7 Å². The molecule has 1 aliphatic carbocycles. The second kappa shape index (κ2) is 8.86. The van der Waals surface area contributed by atoms with Gasteiger partial charge in [0, 0.05) is 23.8 Å². The normalized spacial score (nSPS) is 13.7. The molecule has 0 aliphatic heterocycles. The molecule has 172 valence electrons. The third-order valence-electron chi connectivity index (χ3n) is 5.85. The number of hydrogen-bond acceptors (Lipinski definition) is 5. The molecule has 2 heterocycles. The molecule has 0 N–H and O–H groups in total. The van der Waals surface area contributed by atoms with Crippen molar-refractivity contribution >= 4 is 22.6 Å². The van der Waals surface area contributed by atoms with Gasteiger partial charge in [0.2, 0.25) is 0 Å². The topological polar surface area (TPSA) is 84.0 Å². The first kappa shape index (κ1) is 22.8. The molecule has 0 atom stereocenters. The zero-order chi connectivity index (χ0) is 23.8. The second-order valence-electron chi connectivity index (χ2n) is 9.53. The van der Waals surface area contributed by atoms with Crippen molar-refractivity contribution in [1.82, 2.24) is 14.8 Å². The summed E-state index contributed by atoms with van der Waals surface area (Å²) >= 11 is 0. The zero-order valence-corrected chi connectivity index (χ0v) is 20.1. The molecule has 1 aliphatic rings. The van der Waals surface area contributed by atoms with Crippen LogP contribution in [0.5, 0.6) is 5.75 Å². The van der Waals surface area contributed by atoms with Crippen LogP contribution in [0.2, 0.25) is 0 Å². The third-order valence-corrected chi connectivity index (χ3v) is 5.85. The molecule has 1 aromatic carbocycles. The molecule has 1 saturated carbocycles. The maximum Gasteiger partial charge on any atom is 0.259 e. The molecule has 1 fully saturated rings. The Hall–Kier alpha value is -3.40. The molecule has 0 bridgehead atoms. The van der Waals surface area contributed by atoms with E-state index in [-0.39, 0.29) is 17.9 Å². The van der Waals surface area contributed by atoms with Gasteiger partial charge in [0.1, 0.15) is 5.75 Å². The molecule has 33 heavy (non-hydrogen) atoms. The fraction of sp³-hybridized carbons (Fsp3) is 0.462. The maximum atomic E-state index is 14.0. The van der Waals surface area contributed by atoms with Crippen molar-refractivity contribution in [3.8, 4) is 11.8 Å². The van der Waals surface area contributed by atoms with Gasteiger partial charge in [-0.2, -0.15) is 10.4 Å². The molecule has 0 spiro atoms. The van der Waals surface area contributed by atoms with Crippen LogP contribution in [0.4, 0.5) is 5.69 Å². The number of fused-ring (bicyclic) bond motifs is 1. The van der Waals surface area contributed by atoms with Gasteiger partial charge in [-0.3, -0.25) is 4.79 Å². The van der Waals surface area contributed by atoms with Crippen LogP contribution in [0.25, 0.3) is 11.0 Å². The van der Waals surface area contributed by atoms with Crippen molar-refractivity contribution < 1.29 is 9.53 Å². The summed E-state index contributed by atoms with van der Waals surface area (Å²) in [5.41, 5.74) is 3.55. The number of nitriles is 1. The smallest absolute Gasteiger partial charge is 0.259 e. The van der Waals surface area contributed by atoms with Crippen LogP contribution in [-0.4, -0.2) is 33.8 Å². The van der Waals surface area contributed by atoms with E-state index in [4.69, 9.17) is 14.8 Å². The zero-order valence-electron chi connectivity index (χ0n) is 20.1. The first-order chi connectivity index (χ1) is 15.7. The monoisotopic (exact) mass is 445 g/mol. The minimum Gasteiger partial charge on any atom is -0.494 e. The molecule has 7 nitrogen and oxygen atoms in total. The van der Waals surface area contributed by atoms with Crippen LogP contribution >= 0.6 is 0 Å². The number of carbonyl (C=O) groups is 1. The van der Waals surface area contributed by atoms with Gasteiger partial charge in [-0.1, -0.05) is 0 Å². The molecule has 7 heteroatoms. The molecule has 0 saturated heterocycles. The molecular weight excluding hydrogens is 414 g/mol. The van der Waals surface area contributed by atoms with E-state index >= 15 is 0 Å². The molecule has 3 aromatic rings. The number of aryl methyl sites for hydroxylation is 1. The number of benzene rings is 1. The van der Waals surface area contributed by atoms with Crippen LogP contribution in [0.1, 0.15) is 74.6 Å². The van der Waals surface area contributed by atoms with E-state index in [1.165, 1.54) is 0 Å². The Morgan fingerprint density at radius 1 is 1.27 bits per heavy atom. The average Bonchev–Trinajstić information content (AvgIpc) is 3.57. The summed E-state index contributed by atoms with van der Waals surface area (Å²) in [5, 5.41) is 14.8. The van der Waals surface area contributed by atoms with Crippen LogP contribution in [0.3, 0.4) is 0 Å². The van der Waals surface area contributed by atoms with E-state index in [2.05, 4.69) is 26.8 Å². The molecule has 0 unspecified atom stereocenters. The lowest BCUT2D eigenvalue weighted by molar-refractivity contribution is 0.0988. The van der Waals surface area contributed by atoms with E-state index in [1.54, 1.807) is 4.90 Å². The van der Waals surface area contributed by atoms with Crippen molar-refractivity contribution in [2.75, 3.05) is 18.1 Å². The lowest BCUT2D eigenvalue weighted by Gasteiger charge is -2.23. The van der Waals surface area contributed by atoms with Crippen molar-refractivity contribution in [2.45, 2.75) is 65.3 Å². The number of carbonyl (C=O) groups excluding carboxylic acids is 1. The predicted octanol–water partition coefficient (Wildman–Crippen LogP) is 5.33. The lowest BCUT2D eigenvalue weighted by atomic mass is 10.0. The van der Waals surface area contributed by atoms with Crippen molar-refractivity contribution in [3.63, 3.8) is 0 Å². The Morgan fingerprint density at radius 2 is 1.97 bits per heavy atom. The Bertz CT molecular complexity index is 1210. The van der Waals surface area contributed by atoms with Gasteiger partial charge in [-0.05, 0) is 77.8 Å². The van der Waals surface area contributed by atoms with Gasteiger partial charge < -0.3 is 9.64 Å². The lowest BCUT2D eigenvalue weighted by Crippen LogP contribution is -2.32. The number of pyridine rings is 1. The second-order valence-corrected chi connectivity index (χ2v) is 9.53. The number of nitrogens with zero attached hydrogens (tertiary/aromatic N) is 5. The van der Waals surface area contributed by atoms with Crippen LogP contribution in [-0.2, 0) is 5.54 Å². The first-order valence-electron chi connectivity index (χ1n) is 11.6. The summed E-state index contributed by atoms with van der Waals surface area (Å²) in [6.07, 6.45) is 2.42. The maximum absolute atomic E-state index is 14.0. The van der Waals surface area contributed by atoms with Gasteiger partial charge in [0.25, 0.3) is 5.91 Å². The Balaban J connectivity index is 1.85. The molecular formula is C26H31N5O2. The van der Waals surface area contributed by atoms with Gasteiger partial charge in [-0.15, -0.1) is 0 Å². The molecule has 1 amide bonds. The Labute approximate surface area is 195 Å². The van der Waals surface area contributed by atoms with Crippen molar-refractivity contribution in [3.05, 3.63) is 47.3 Å². The fourth-order valence-electron chi connectivity index (χ4n) is 4.08. The van der Waals surface area contributed by atoms with Crippen molar-refractivity contribution in [2.24, 2.45) is 0 Å². The highest BCUT2D eigenvalue weighted by Gasteiger charge is 2.31. The summed E-state index contributed by atoms with van der Waals surface area (Å²) in [7, 11) is 0. The summed E-state index contributed by atoms with van der Waals surface area (Å²) in [6, 6.07) is 11.6. The first-order valence-corrected chi connectivity index (χ1v) is 11.6. The van der Waals surface area contributed by atoms with E-state index in [1.807, 2.05) is 48.9 Å². The largest absolute Gasteiger partial charge is 0.494 e. The number of ether oxygens (including phenoxy) is 1. The number of hydrogen-bond donors (Lipinski definition) is 0. The fourth-order valence-corrected chi connectivity index (χ4v) is 4.08. The predicted molar refractivity (Wildman–Crippen MR) is 129 cm³/mol. The highest BCUT2D eigenvalue weighted by atomic mass is 16.5. The number of rotatable bonds is 7. The van der Waals surface area contributed by atoms with Gasteiger partial charge in [-0.25, -0.2) is 9.67 Å². The SMILES string of the molecule is CCOc1ccc(N(CCC#N)C(=O)c2cc(C3CC3)nc3c2c(C)nn3C(C)(C)C)cc1. The summed E-state index contributed by atoms with van der Waals surface area (Å²) < 4.78 is 7.48. The summed E-state index contributed by atoms with van der Waals surface area (Å²) in [4.78, 5) is 20.6. The van der Waals surface area contributed by atoms with Crippen LogP contribution < -0.4 is 9.64 Å². The van der Waals surface area contributed by atoms with Crippen LogP contribution in [0, 0.1) is 18.3 Å². The summed E-state index contributed by atoms with van der Waals surface area (Å²) in [6.45, 7) is 11.0. The van der Waals surface area contributed by atoms with E-state index in [9.17, 15) is 10.1 Å². The summed E-state index contributed by atoms with van der Waals surface area (Å²) in [5.74, 6) is 1.00. The van der Waals surface area contributed by atoms with Gasteiger partial charge in [0.15, 0.2) is 5.65 Å². The minimum atomic E-state index is -0.266.